The zero-order valence-electron chi connectivity index (χ0n) is 22.6. The molecule has 0 aliphatic carbocycles. The van der Waals surface area contributed by atoms with Crippen LogP contribution in [0.4, 0.5) is 0 Å². The smallest absolute Gasteiger partial charge is 0.206 e. The lowest BCUT2D eigenvalue weighted by atomic mass is 9.86. The summed E-state index contributed by atoms with van der Waals surface area (Å²) < 4.78 is 32.1. The molecule has 0 heterocycles. The Hall–Kier alpha value is -3.37. The minimum atomic E-state index is -3.59. The van der Waals surface area contributed by atoms with E-state index in [2.05, 4.69) is 77.9 Å². The molecule has 0 spiro atoms. The first-order valence-electron chi connectivity index (χ1n) is 12.6. The molecule has 0 saturated heterocycles. The highest BCUT2D eigenvalue weighted by Gasteiger charge is 2.20. The van der Waals surface area contributed by atoms with Crippen LogP contribution in [0.3, 0.4) is 0 Å². The van der Waals surface area contributed by atoms with Gasteiger partial charge in [-0.05, 0) is 88.0 Å². The van der Waals surface area contributed by atoms with Crippen molar-refractivity contribution in [1.29, 1.82) is 0 Å². The normalized spacial score (nSPS) is 12.4. The van der Waals surface area contributed by atoms with Crippen molar-refractivity contribution in [1.82, 2.24) is 0 Å². The molecule has 0 aromatic heterocycles. The lowest BCUT2D eigenvalue weighted by Gasteiger charge is -2.19. The van der Waals surface area contributed by atoms with Crippen molar-refractivity contribution >= 4 is 9.84 Å². The molecule has 0 radical (unpaired) electrons. The average Bonchev–Trinajstić information content (AvgIpc) is 2.85. The summed E-state index contributed by atoms with van der Waals surface area (Å²) in [4.78, 5) is 0.536. The summed E-state index contributed by atoms with van der Waals surface area (Å²) >= 11 is 0. The van der Waals surface area contributed by atoms with Gasteiger partial charge in [0.1, 0.15) is 11.5 Å². The Kier molecular flexibility index (Phi) is 7.34. The molecule has 0 bridgehead atoms. The van der Waals surface area contributed by atoms with Crippen LogP contribution in [0.1, 0.15) is 63.8 Å². The van der Waals surface area contributed by atoms with Crippen LogP contribution in [-0.4, -0.2) is 8.42 Å². The van der Waals surface area contributed by atoms with E-state index in [1.165, 1.54) is 16.7 Å². The number of hydrogen-bond donors (Lipinski definition) is 0. The Morgan fingerprint density at radius 2 is 0.838 bits per heavy atom. The van der Waals surface area contributed by atoms with Gasteiger partial charge in [0.25, 0.3) is 0 Å². The molecule has 0 aliphatic rings. The van der Waals surface area contributed by atoms with Gasteiger partial charge in [-0.25, -0.2) is 8.42 Å². The number of hydrogen-bond acceptors (Lipinski definition) is 3. The quantitative estimate of drug-likeness (QED) is 0.260. The summed E-state index contributed by atoms with van der Waals surface area (Å²) in [5, 5.41) is 0. The van der Waals surface area contributed by atoms with Crippen molar-refractivity contribution in [3.63, 3.8) is 0 Å². The van der Waals surface area contributed by atoms with Crippen molar-refractivity contribution in [3.05, 3.63) is 119 Å². The van der Waals surface area contributed by atoms with Crippen LogP contribution in [0.5, 0.6) is 11.5 Å². The zero-order chi connectivity index (χ0) is 26.8. The summed E-state index contributed by atoms with van der Waals surface area (Å²) in [6.45, 7) is 13.0. The average molecular weight is 513 g/mol. The molecule has 4 aromatic carbocycles. The van der Waals surface area contributed by atoms with Crippen LogP contribution in [-0.2, 0) is 27.1 Å². The van der Waals surface area contributed by atoms with Crippen LogP contribution < -0.4 is 4.74 Å². The van der Waals surface area contributed by atoms with E-state index in [0.717, 1.165) is 12.0 Å². The van der Waals surface area contributed by atoms with Crippen molar-refractivity contribution < 1.29 is 13.2 Å². The van der Waals surface area contributed by atoms with E-state index in [-0.39, 0.29) is 20.6 Å². The van der Waals surface area contributed by atoms with E-state index in [1.807, 2.05) is 24.3 Å². The molecule has 0 N–H and O–H groups in total. The van der Waals surface area contributed by atoms with Crippen LogP contribution in [0.25, 0.3) is 0 Å². The van der Waals surface area contributed by atoms with Crippen LogP contribution in [0, 0.1) is 0 Å². The van der Waals surface area contributed by atoms with E-state index >= 15 is 0 Å². The second kappa shape index (κ2) is 10.2. The minimum absolute atomic E-state index is 0.0306. The fourth-order valence-corrected chi connectivity index (χ4v) is 5.39. The van der Waals surface area contributed by atoms with Crippen molar-refractivity contribution in [2.24, 2.45) is 0 Å². The van der Waals surface area contributed by atoms with Gasteiger partial charge in [0.2, 0.25) is 9.84 Å². The molecule has 3 nitrogen and oxygen atoms in total. The van der Waals surface area contributed by atoms with Crippen LogP contribution in [0.15, 0.2) is 107 Å². The first-order chi connectivity index (χ1) is 17.3. The SMILES string of the molecule is CC(C)(C)c1ccc(Cc2ccc(Oc3ccc(S(=O)(=O)c4ccc(C(C)(C)C)cc4)cc3)cc2)cc1. The van der Waals surface area contributed by atoms with Crippen molar-refractivity contribution in [2.45, 2.75) is 68.6 Å². The Morgan fingerprint density at radius 1 is 0.514 bits per heavy atom. The van der Waals surface area contributed by atoms with Gasteiger partial charge in [-0.15, -0.1) is 0 Å². The molecule has 4 heteroatoms. The van der Waals surface area contributed by atoms with E-state index in [1.54, 1.807) is 36.4 Å². The minimum Gasteiger partial charge on any atom is -0.457 e. The molecular formula is C33H36O3S. The number of sulfone groups is 1. The molecule has 4 rings (SSSR count). The second-order valence-corrected chi connectivity index (χ2v) is 13.6. The second-order valence-electron chi connectivity index (χ2n) is 11.6. The van der Waals surface area contributed by atoms with Crippen LogP contribution >= 0.6 is 0 Å². The van der Waals surface area contributed by atoms with Gasteiger partial charge in [-0.3, -0.25) is 0 Å². The number of benzene rings is 4. The first kappa shape index (κ1) is 26.7. The van der Waals surface area contributed by atoms with Gasteiger partial charge in [-0.2, -0.15) is 0 Å². The van der Waals surface area contributed by atoms with Gasteiger partial charge in [0.15, 0.2) is 0 Å². The number of ether oxygens (including phenoxy) is 1. The zero-order valence-corrected chi connectivity index (χ0v) is 23.4. The molecule has 0 atom stereocenters. The Balaban J connectivity index is 1.41. The lowest BCUT2D eigenvalue weighted by molar-refractivity contribution is 0.482. The van der Waals surface area contributed by atoms with Gasteiger partial charge in [0, 0.05) is 0 Å². The van der Waals surface area contributed by atoms with E-state index in [9.17, 15) is 8.42 Å². The molecule has 0 fully saturated rings. The molecule has 0 unspecified atom stereocenters. The molecule has 37 heavy (non-hydrogen) atoms. The van der Waals surface area contributed by atoms with Crippen LogP contribution in [0.2, 0.25) is 0 Å². The summed E-state index contributed by atoms with van der Waals surface area (Å²) in [5.41, 5.74) is 5.02. The molecule has 4 aromatic rings. The van der Waals surface area contributed by atoms with Crippen molar-refractivity contribution in [3.8, 4) is 11.5 Å². The van der Waals surface area contributed by atoms with E-state index in [4.69, 9.17) is 4.74 Å². The Morgan fingerprint density at radius 3 is 1.24 bits per heavy atom. The highest BCUT2D eigenvalue weighted by Crippen LogP contribution is 2.29. The standard InChI is InChI=1S/C33H36O3S/c1-32(2,3)26-11-7-24(8-12-26)23-25-9-15-28(16-10-25)36-29-17-21-31(22-18-29)37(34,35)30-19-13-27(14-20-30)33(4,5)6/h7-22H,23H2,1-6H3. The fraction of sp³-hybridized carbons (Fsp3) is 0.273. The van der Waals surface area contributed by atoms with Gasteiger partial charge >= 0.3 is 0 Å². The molecule has 0 saturated carbocycles. The third-order valence-corrected chi connectivity index (χ3v) is 8.34. The maximum atomic E-state index is 13.1. The van der Waals surface area contributed by atoms with Gasteiger partial charge < -0.3 is 4.74 Å². The molecule has 0 aliphatic heterocycles. The first-order valence-corrected chi connectivity index (χ1v) is 14.1. The lowest BCUT2D eigenvalue weighted by Crippen LogP contribution is -2.11. The molecule has 192 valence electrons. The summed E-state index contributed by atoms with van der Waals surface area (Å²) in [6.07, 6.45) is 0.855. The highest BCUT2D eigenvalue weighted by molar-refractivity contribution is 7.91. The van der Waals surface area contributed by atoms with Crippen molar-refractivity contribution in [2.75, 3.05) is 0 Å². The third kappa shape index (κ3) is 6.50. The Bertz CT molecular complexity index is 1430. The number of rotatable bonds is 6. The molecular weight excluding hydrogens is 476 g/mol. The summed E-state index contributed by atoms with van der Waals surface area (Å²) in [6, 6.07) is 30.5. The summed E-state index contributed by atoms with van der Waals surface area (Å²) in [7, 11) is -3.59. The molecule has 0 amide bonds. The highest BCUT2D eigenvalue weighted by atomic mass is 32.2. The maximum absolute atomic E-state index is 13.1. The third-order valence-electron chi connectivity index (χ3n) is 6.55. The topological polar surface area (TPSA) is 43.4 Å². The maximum Gasteiger partial charge on any atom is 0.206 e. The fourth-order valence-electron chi connectivity index (χ4n) is 4.13. The predicted octanol–water partition coefficient (Wildman–Crippen LogP) is 8.50. The Labute approximate surface area is 222 Å². The summed E-state index contributed by atoms with van der Waals surface area (Å²) in [5.74, 6) is 1.30. The monoisotopic (exact) mass is 512 g/mol. The van der Waals surface area contributed by atoms with Gasteiger partial charge in [0.05, 0.1) is 9.79 Å². The largest absolute Gasteiger partial charge is 0.457 e. The van der Waals surface area contributed by atoms with Gasteiger partial charge in [-0.1, -0.05) is 90.1 Å². The van der Waals surface area contributed by atoms with E-state index in [0.29, 0.717) is 11.5 Å². The predicted molar refractivity (Wildman–Crippen MR) is 151 cm³/mol. The van der Waals surface area contributed by atoms with E-state index < -0.39 is 9.84 Å².